The predicted octanol–water partition coefficient (Wildman–Crippen LogP) is 4.75. The van der Waals surface area contributed by atoms with E-state index in [1.807, 2.05) is 24.3 Å². The van der Waals surface area contributed by atoms with Crippen molar-refractivity contribution in [1.29, 1.82) is 0 Å². The molecule has 2 heterocycles. The number of nitrogens with zero attached hydrogens (tertiary/aromatic N) is 1. The van der Waals surface area contributed by atoms with Crippen LogP contribution < -0.4 is 11.1 Å². The predicted molar refractivity (Wildman–Crippen MR) is 118 cm³/mol. The van der Waals surface area contributed by atoms with Crippen molar-refractivity contribution >= 4 is 53.1 Å². The third-order valence-electron chi connectivity index (χ3n) is 5.50. The first kappa shape index (κ1) is 18.0. The summed E-state index contributed by atoms with van der Waals surface area (Å²) in [6.45, 7) is 5.33. The standard InChI is InChI=1S/C23H17NO4S/c1-12(2)17(28-27)11-24-22(25)15-8-7-14-13-5-3-4-6-18(13)29-19-10-9-16(23(24)26)20(15)21(14)19/h3-10,17,27H,1,11H2,2H3. The van der Waals surface area contributed by atoms with Crippen LogP contribution >= 0.6 is 11.3 Å². The third-order valence-corrected chi connectivity index (χ3v) is 6.63. The summed E-state index contributed by atoms with van der Waals surface area (Å²) in [4.78, 5) is 30.8. The van der Waals surface area contributed by atoms with Crippen LogP contribution in [0.25, 0.3) is 41.7 Å². The van der Waals surface area contributed by atoms with Gasteiger partial charge in [0.2, 0.25) is 0 Å². The molecular formula is C23H17NO4S. The SMILES string of the molecule is C=C(C)C(Cn1c(=O)c2ccc3sc4ccccc4c4ccc(c1=O)c2c34)OO. The van der Waals surface area contributed by atoms with Crippen LogP contribution in [0, 0.1) is 0 Å². The summed E-state index contributed by atoms with van der Waals surface area (Å²) in [5, 5.41) is 13.9. The number of pyridine rings is 1. The fourth-order valence-corrected chi connectivity index (χ4v) is 5.14. The van der Waals surface area contributed by atoms with Crippen LogP contribution in [0.5, 0.6) is 0 Å². The number of aromatic nitrogens is 1. The lowest BCUT2D eigenvalue weighted by Gasteiger charge is -2.17. The summed E-state index contributed by atoms with van der Waals surface area (Å²) in [5.41, 5.74) is -0.256. The van der Waals surface area contributed by atoms with Crippen LogP contribution in [0.3, 0.4) is 0 Å². The van der Waals surface area contributed by atoms with E-state index in [2.05, 4.69) is 23.6 Å². The van der Waals surface area contributed by atoms with Crippen molar-refractivity contribution in [2.24, 2.45) is 0 Å². The fourth-order valence-electron chi connectivity index (χ4n) is 4.02. The zero-order valence-electron chi connectivity index (χ0n) is 15.6. The number of fused-ring (bicyclic) bond motifs is 2. The molecule has 0 bridgehead atoms. The highest BCUT2D eigenvalue weighted by Crippen LogP contribution is 2.39. The second-order valence-corrected chi connectivity index (χ2v) is 8.37. The number of hydrogen-bond acceptors (Lipinski definition) is 5. The van der Waals surface area contributed by atoms with Crippen LogP contribution in [0.4, 0.5) is 0 Å². The molecule has 1 atom stereocenters. The smallest absolute Gasteiger partial charge is 0.261 e. The van der Waals surface area contributed by atoms with Gasteiger partial charge in [-0.2, -0.15) is 0 Å². The van der Waals surface area contributed by atoms with E-state index in [1.54, 1.807) is 30.4 Å². The van der Waals surface area contributed by atoms with Gasteiger partial charge in [-0.25, -0.2) is 4.89 Å². The number of benzene rings is 3. The van der Waals surface area contributed by atoms with Gasteiger partial charge in [0.1, 0.15) is 6.10 Å². The molecule has 144 valence electrons. The van der Waals surface area contributed by atoms with E-state index in [4.69, 9.17) is 5.26 Å². The highest BCUT2D eigenvalue weighted by atomic mass is 32.1. The molecule has 5 rings (SSSR count). The Morgan fingerprint density at radius 3 is 2.31 bits per heavy atom. The maximum absolute atomic E-state index is 13.2. The largest absolute Gasteiger partial charge is 0.271 e. The normalized spacial score (nSPS) is 13.0. The molecule has 0 aliphatic heterocycles. The van der Waals surface area contributed by atoms with Crippen LogP contribution in [0.1, 0.15) is 6.92 Å². The van der Waals surface area contributed by atoms with Crippen molar-refractivity contribution in [3.8, 4) is 0 Å². The first-order valence-electron chi connectivity index (χ1n) is 9.20. The third kappa shape index (κ3) is 2.54. The van der Waals surface area contributed by atoms with E-state index in [-0.39, 0.29) is 6.54 Å². The first-order chi connectivity index (χ1) is 14.0. The zero-order chi connectivity index (χ0) is 20.3. The molecule has 1 unspecified atom stereocenters. The Balaban J connectivity index is 1.93. The summed E-state index contributed by atoms with van der Waals surface area (Å²) in [6, 6.07) is 15.6. The van der Waals surface area contributed by atoms with Crippen molar-refractivity contribution in [2.75, 3.05) is 0 Å². The average molecular weight is 403 g/mol. The van der Waals surface area contributed by atoms with Crippen molar-refractivity contribution in [2.45, 2.75) is 19.6 Å². The minimum absolute atomic E-state index is 0.0917. The van der Waals surface area contributed by atoms with Gasteiger partial charge in [0.05, 0.1) is 6.54 Å². The van der Waals surface area contributed by atoms with Crippen LogP contribution in [-0.4, -0.2) is 15.9 Å². The Bertz CT molecular complexity index is 1510. The molecule has 0 aliphatic carbocycles. The van der Waals surface area contributed by atoms with E-state index in [0.717, 1.165) is 30.1 Å². The van der Waals surface area contributed by atoms with Crippen LogP contribution in [-0.2, 0) is 11.4 Å². The molecule has 6 heteroatoms. The van der Waals surface area contributed by atoms with Crippen LogP contribution in [0.2, 0.25) is 0 Å². The zero-order valence-corrected chi connectivity index (χ0v) is 16.5. The van der Waals surface area contributed by atoms with Gasteiger partial charge in [0.15, 0.2) is 0 Å². The first-order valence-corrected chi connectivity index (χ1v) is 10.0. The highest BCUT2D eigenvalue weighted by Gasteiger charge is 2.20. The molecule has 1 N–H and O–H groups in total. The summed E-state index contributed by atoms with van der Waals surface area (Å²) in [7, 11) is 0. The minimum atomic E-state index is -0.834. The Labute approximate surface area is 169 Å². The lowest BCUT2D eigenvalue weighted by atomic mass is 9.97. The molecule has 5 nitrogen and oxygen atoms in total. The fraction of sp³-hybridized carbons (Fsp3) is 0.130. The molecule has 0 radical (unpaired) electrons. The second-order valence-electron chi connectivity index (χ2n) is 7.28. The lowest BCUT2D eigenvalue weighted by Crippen LogP contribution is -2.38. The van der Waals surface area contributed by atoms with Gasteiger partial charge in [-0.1, -0.05) is 30.8 Å². The van der Waals surface area contributed by atoms with Crippen molar-refractivity contribution in [3.05, 3.63) is 81.4 Å². The van der Waals surface area contributed by atoms with Gasteiger partial charge in [-0.3, -0.25) is 19.4 Å². The van der Waals surface area contributed by atoms with Crippen molar-refractivity contribution in [1.82, 2.24) is 4.57 Å². The van der Waals surface area contributed by atoms with E-state index >= 15 is 0 Å². The molecule has 3 aromatic carbocycles. The number of rotatable bonds is 4. The van der Waals surface area contributed by atoms with Gasteiger partial charge >= 0.3 is 0 Å². The lowest BCUT2D eigenvalue weighted by molar-refractivity contribution is -0.271. The highest BCUT2D eigenvalue weighted by molar-refractivity contribution is 7.25. The van der Waals surface area contributed by atoms with Crippen molar-refractivity contribution < 1.29 is 10.1 Å². The summed E-state index contributed by atoms with van der Waals surface area (Å²) >= 11 is 1.65. The molecule has 0 saturated heterocycles. The molecule has 29 heavy (non-hydrogen) atoms. The van der Waals surface area contributed by atoms with Gasteiger partial charge in [0, 0.05) is 30.9 Å². The Kier molecular flexibility index (Phi) is 4.03. The molecule has 0 saturated carbocycles. The summed E-state index contributed by atoms with van der Waals surface area (Å²) in [6.07, 6.45) is -0.834. The monoisotopic (exact) mass is 403 g/mol. The van der Waals surface area contributed by atoms with E-state index in [0.29, 0.717) is 21.7 Å². The maximum Gasteiger partial charge on any atom is 0.261 e. The molecule has 0 fully saturated rings. The Hall–Kier alpha value is -3.06. The summed E-state index contributed by atoms with van der Waals surface area (Å²) in [5.74, 6) is 0. The van der Waals surface area contributed by atoms with Gasteiger partial charge < -0.3 is 0 Å². The average Bonchev–Trinajstić information content (AvgIpc) is 2.73. The molecule has 0 amide bonds. The van der Waals surface area contributed by atoms with E-state index in [1.165, 1.54) is 0 Å². The van der Waals surface area contributed by atoms with E-state index < -0.39 is 17.2 Å². The Morgan fingerprint density at radius 2 is 1.62 bits per heavy atom. The summed E-state index contributed by atoms with van der Waals surface area (Å²) < 4.78 is 3.31. The maximum atomic E-state index is 13.2. The molecule has 2 aromatic heterocycles. The van der Waals surface area contributed by atoms with E-state index in [9.17, 15) is 9.59 Å². The minimum Gasteiger partial charge on any atom is -0.271 e. The number of hydrogen-bond donors (Lipinski definition) is 1. The Morgan fingerprint density at radius 1 is 0.966 bits per heavy atom. The molecule has 5 aromatic rings. The quantitative estimate of drug-likeness (QED) is 0.155. The molecule has 0 aliphatic rings. The van der Waals surface area contributed by atoms with Gasteiger partial charge in [0.25, 0.3) is 11.1 Å². The molecule has 0 spiro atoms. The topological polar surface area (TPSA) is 68.5 Å². The second kappa shape index (κ2) is 6.49. The van der Waals surface area contributed by atoms with Gasteiger partial charge in [-0.05, 0) is 47.5 Å². The van der Waals surface area contributed by atoms with Crippen molar-refractivity contribution in [3.63, 3.8) is 0 Å². The molecular weight excluding hydrogens is 386 g/mol. The van der Waals surface area contributed by atoms with Crippen LogP contribution in [0.15, 0.2) is 70.3 Å². The van der Waals surface area contributed by atoms with Gasteiger partial charge in [-0.15, -0.1) is 11.3 Å².